The lowest BCUT2D eigenvalue weighted by Crippen LogP contribution is -2.36. The number of ether oxygens (including phenoxy) is 1. The van der Waals surface area contributed by atoms with Crippen LogP contribution in [0.1, 0.15) is 23.6 Å². The van der Waals surface area contributed by atoms with Crippen LogP contribution in [0, 0.1) is 0 Å². The standard InChI is InChI=1S/C23H25NO.CH3NO2/c1-3-4-20-7-9-21(10-8-20)6-5-19(2)22-11-13-23(14-12-22)24-15-17-25-18-16-24;3-1-2-4/h3-14H,2,15-18H2,1H3;1,4H,(H,2,3)/b4-3+,6-5+;. The third kappa shape index (κ3) is 7.41. The molecule has 0 aromatic heterocycles. The van der Waals surface area contributed by atoms with E-state index in [1.54, 1.807) is 0 Å². The summed E-state index contributed by atoms with van der Waals surface area (Å²) in [4.78, 5) is 11.2. The van der Waals surface area contributed by atoms with E-state index >= 15 is 0 Å². The van der Waals surface area contributed by atoms with Crippen molar-refractivity contribution in [1.29, 1.82) is 0 Å². The molecule has 0 radical (unpaired) electrons. The first-order valence-corrected chi connectivity index (χ1v) is 9.54. The van der Waals surface area contributed by atoms with Crippen molar-refractivity contribution in [3.8, 4) is 0 Å². The summed E-state index contributed by atoms with van der Waals surface area (Å²) in [7, 11) is 0. The van der Waals surface area contributed by atoms with Crippen LogP contribution >= 0.6 is 0 Å². The minimum Gasteiger partial charge on any atom is -0.378 e. The molecule has 0 saturated carbocycles. The molecule has 3 rings (SSSR count). The van der Waals surface area contributed by atoms with Crippen molar-refractivity contribution >= 4 is 29.8 Å². The number of carbonyl (C=O) groups is 1. The normalized spacial score (nSPS) is 13.8. The summed E-state index contributed by atoms with van der Waals surface area (Å²) in [6, 6.07) is 17.1. The number of rotatable bonds is 6. The van der Waals surface area contributed by atoms with Gasteiger partial charge in [-0.25, -0.2) is 5.48 Å². The Bertz CT molecular complexity index is 818. The third-order valence-corrected chi connectivity index (χ3v) is 4.44. The molecule has 5 heteroatoms. The Balaban J connectivity index is 0.000000687. The number of morpholine rings is 1. The number of benzene rings is 2. The predicted molar refractivity (Wildman–Crippen MR) is 120 cm³/mol. The van der Waals surface area contributed by atoms with Crippen molar-refractivity contribution in [1.82, 2.24) is 5.48 Å². The van der Waals surface area contributed by atoms with E-state index in [2.05, 4.69) is 78.2 Å². The average Bonchev–Trinajstić information content (AvgIpc) is 2.79. The first-order chi connectivity index (χ1) is 14.2. The van der Waals surface area contributed by atoms with Gasteiger partial charge in [-0.2, -0.15) is 0 Å². The molecule has 0 bridgehead atoms. The Morgan fingerprint density at radius 2 is 1.59 bits per heavy atom. The Morgan fingerprint density at radius 3 is 2.10 bits per heavy atom. The van der Waals surface area contributed by atoms with Crippen LogP contribution in [-0.2, 0) is 9.53 Å². The molecule has 1 heterocycles. The minimum atomic E-state index is 0.181. The maximum Gasteiger partial charge on any atom is 0.230 e. The maximum atomic E-state index is 8.81. The fourth-order valence-corrected chi connectivity index (χ4v) is 2.91. The third-order valence-electron chi connectivity index (χ3n) is 4.44. The van der Waals surface area contributed by atoms with Crippen molar-refractivity contribution in [2.45, 2.75) is 6.92 Å². The Kier molecular flexibility index (Phi) is 9.42. The van der Waals surface area contributed by atoms with Gasteiger partial charge in [0.05, 0.1) is 13.2 Å². The number of anilines is 1. The zero-order chi connectivity index (χ0) is 20.9. The van der Waals surface area contributed by atoms with E-state index in [1.807, 2.05) is 13.0 Å². The Morgan fingerprint density at radius 1 is 1.03 bits per heavy atom. The summed E-state index contributed by atoms with van der Waals surface area (Å²) in [5.74, 6) is 0. The second-order valence-corrected chi connectivity index (χ2v) is 6.42. The SMILES string of the molecule is C=C(/C=C/c1ccc(/C=C/C)cc1)c1ccc(N2CCOCC2)cc1.O=CNO. The van der Waals surface area contributed by atoms with Crippen LogP contribution in [0.15, 0.2) is 67.3 Å². The van der Waals surface area contributed by atoms with Gasteiger partial charge in [0, 0.05) is 18.8 Å². The zero-order valence-corrected chi connectivity index (χ0v) is 16.8. The topological polar surface area (TPSA) is 61.8 Å². The van der Waals surface area contributed by atoms with Crippen molar-refractivity contribution < 1.29 is 14.7 Å². The van der Waals surface area contributed by atoms with Gasteiger partial charge in [0.25, 0.3) is 0 Å². The van der Waals surface area contributed by atoms with E-state index in [4.69, 9.17) is 14.7 Å². The van der Waals surface area contributed by atoms with Gasteiger partial charge < -0.3 is 9.64 Å². The van der Waals surface area contributed by atoms with Crippen LogP contribution in [0.2, 0.25) is 0 Å². The molecular weight excluding hydrogens is 364 g/mol. The molecule has 0 unspecified atom stereocenters. The molecule has 2 N–H and O–H groups in total. The molecule has 1 amide bonds. The summed E-state index contributed by atoms with van der Waals surface area (Å²) < 4.78 is 5.41. The van der Waals surface area contributed by atoms with Crippen LogP contribution in [0.4, 0.5) is 5.69 Å². The summed E-state index contributed by atoms with van der Waals surface area (Å²) in [5.41, 5.74) is 7.07. The number of hydroxylamine groups is 1. The number of nitrogens with zero attached hydrogens (tertiary/aromatic N) is 1. The first-order valence-electron chi connectivity index (χ1n) is 9.54. The molecule has 29 heavy (non-hydrogen) atoms. The van der Waals surface area contributed by atoms with Crippen LogP contribution in [-0.4, -0.2) is 37.9 Å². The molecule has 5 nitrogen and oxygen atoms in total. The van der Waals surface area contributed by atoms with E-state index in [9.17, 15) is 0 Å². The molecular formula is C24H28N2O3. The molecule has 1 fully saturated rings. The molecule has 2 aromatic rings. The highest BCUT2D eigenvalue weighted by molar-refractivity contribution is 5.78. The summed E-state index contributed by atoms with van der Waals surface area (Å²) in [5, 5.41) is 7.26. The maximum absolute atomic E-state index is 8.81. The lowest BCUT2D eigenvalue weighted by molar-refractivity contribution is -0.116. The molecule has 1 saturated heterocycles. The number of amides is 1. The lowest BCUT2D eigenvalue weighted by Gasteiger charge is -2.28. The van der Waals surface area contributed by atoms with Gasteiger partial charge in [-0.15, -0.1) is 0 Å². The monoisotopic (exact) mass is 392 g/mol. The predicted octanol–water partition coefficient (Wildman–Crippen LogP) is 4.40. The van der Waals surface area contributed by atoms with E-state index in [0.717, 1.165) is 37.4 Å². The molecule has 152 valence electrons. The Hall–Kier alpha value is -3.15. The molecule has 2 aromatic carbocycles. The van der Waals surface area contributed by atoms with Crippen molar-refractivity contribution in [2.24, 2.45) is 0 Å². The smallest absolute Gasteiger partial charge is 0.230 e. The zero-order valence-electron chi connectivity index (χ0n) is 16.8. The molecule has 0 atom stereocenters. The number of hydrogen-bond acceptors (Lipinski definition) is 4. The summed E-state index contributed by atoms with van der Waals surface area (Å²) in [6.07, 6.45) is 8.52. The van der Waals surface area contributed by atoms with Crippen molar-refractivity contribution in [3.05, 3.63) is 84.0 Å². The van der Waals surface area contributed by atoms with Crippen LogP contribution in [0.5, 0.6) is 0 Å². The highest BCUT2D eigenvalue weighted by Gasteiger charge is 2.10. The van der Waals surface area contributed by atoms with Crippen molar-refractivity contribution in [2.75, 3.05) is 31.2 Å². The second-order valence-electron chi connectivity index (χ2n) is 6.42. The van der Waals surface area contributed by atoms with Gasteiger partial charge in [-0.3, -0.25) is 10.0 Å². The average molecular weight is 392 g/mol. The lowest BCUT2D eigenvalue weighted by atomic mass is 10.0. The van der Waals surface area contributed by atoms with Gasteiger partial charge in [-0.05, 0) is 41.3 Å². The van der Waals surface area contributed by atoms with Gasteiger partial charge in [0.1, 0.15) is 0 Å². The van der Waals surface area contributed by atoms with Gasteiger partial charge in [0.2, 0.25) is 6.41 Å². The highest BCUT2D eigenvalue weighted by Crippen LogP contribution is 2.21. The summed E-state index contributed by atoms with van der Waals surface area (Å²) >= 11 is 0. The largest absolute Gasteiger partial charge is 0.378 e. The second kappa shape index (κ2) is 12.3. The van der Waals surface area contributed by atoms with Crippen molar-refractivity contribution in [3.63, 3.8) is 0 Å². The molecule has 0 spiro atoms. The number of hydrogen-bond donors (Lipinski definition) is 2. The number of carbonyl (C=O) groups excluding carboxylic acids is 1. The van der Waals surface area contributed by atoms with E-state index in [1.165, 1.54) is 22.3 Å². The number of nitrogens with one attached hydrogen (secondary N) is 1. The van der Waals surface area contributed by atoms with E-state index in [0.29, 0.717) is 0 Å². The van der Waals surface area contributed by atoms with Gasteiger partial charge in [0.15, 0.2) is 0 Å². The minimum absolute atomic E-state index is 0.181. The van der Waals surface area contributed by atoms with E-state index in [-0.39, 0.29) is 6.41 Å². The first kappa shape index (κ1) is 22.1. The molecule has 0 aliphatic carbocycles. The van der Waals surface area contributed by atoms with E-state index < -0.39 is 0 Å². The van der Waals surface area contributed by atoms with Gasteiger partial charge >= 0.3 is 0 Å². The Labute approximate surface area is 172 Å². The fourth-order valence-electron chi connectivity index (χ4n) is 2.91. The highest BCUT2D eigenvalue weighted by atomic mass is 16.5. The number of allylic oxidation sites excluding steroid dienone is 3. The fraction of sp³-hybridized carbons (Fsp3) is 0.208. The van der Waals surface area contributed by atoms with Gasteiger partial charge in [-0.1, -0.05) is 67.3 Å². The van der Waals surface area contributed by atoms with Crippen LogP contribution in [0.3, 0.4) is 0 Å². The summed E-state index contributed by atoms with van der Waals surface area (Å²) in [6.45, 7) is 9.77. The molecule has 1 aliphatic heterocycles. The molecule has 1 aliphatic rings. The van der Waals surface area contributed by atoms with Crippen LogP contribution < -0.4 is 10.4 Å². The quantitative estimate of drug-likeness (QED) is 0.331. The van der Waals surface area contributed by atoms with Crippen LogP contribution in [0.25, 0.3) is 17.7 Å².